The lowest BCUT2D eigenvalue weighted by Crippen LogP contribution is -2.40. The quantitative estimate of drug-likeness (QED) is 0.471. The summed E-state index contributed by atoms with van der Waals surface area (Å²) in [5.41, 5.74) is 4.04. The molecule has 158 valence electrons. The first-order valence-corrected chi connectivity index (χ1v) is 11.1. The molecule has 0 aliphatic rings. The fourth-order valence-corrected chi connectivity index (χ4v) is 3.62. The Hall–Kier alpha value is -2.86. The van der Waals surface area contributed by atoms with Gasteiger partial charge in [0.25, 0.3) is 0 Å². The summed E-state index contributed by atoms with van der Waals surface area (Å²) in [5.74, 6) is 0.830. The highest BCUT2D eigenvalue weighted by Crippen LogP contribution is 2.19. The summed E-state index contributed by atoms with van der Waals surface area (Å²) < 4.78 is 5.83. The predicted molar refractivity (Wildman–Crippen MR) is 123 cm³/mol. The highest BCUT2D eigenvalue weighted by atomic mass is 32.1. The van der Waals surface area contributed by atoms with Crippen molar-refractivity contribution < 1.29 is 9.53 Å². The van der Waals surface area contributed by atoms with Crippen LogP contribution in [0.1, 0.15) is 42.1 Å². The number of ether oxygens (including phenoxy) is 1. The summed E-state index contributed by atoms with van der Waals surface area (Å²) in [5, 5.41) is 5.90. The molecule has 6 heteroatoms. The molecular weight excluding hydrogens is 394 g/mol. The molecule has 1 atom stereocenters. The van der Waals surface area contributed by atoms with E-state index < -0.39 is 0 Å². The van der Waals surface area contributed by atoms with Crippen molar-refractivity contribution in [3.05, 3.63) is 75.7 Å². The Kier molecular flexibility index (Phi) is 7.46. The largest absolute Gasteiger partial charge is 0.486 e. The zero-order chi connectivity index (χ0) is 21.5. The number of hydrogen-bond donors (Lipinski definition) is 1. The third-order valence-corrected chi connectivity index (χ3v) is 5.87. The molecule has 1 N–H and O–H groups in total. The van der Waals surface area contributed by atoms with Gasteiger partial charge in [0.15, 0.2) is 0 Å². The molecule has 1 aromatic heterocycles. The minimum absolute atomic E-state index is 0.101. The van der Waals surface area contributed by atoms with Crippen molar-refractivity contribution in [2.75, 3.05) is 5.32 Å². The maximum Gasteiger partial charge on any atom is 0.322 e. The number of aryl methyl sites for hydroxylation is 2. The number of thiazole rings is 1. The van der Waals surface area contributed by atoms with Crippen LogP contribution in [0.4, 0.5) is 10.5 Å². The first-order valence-electron chi connectivity index (χ1n) is 10.2. The summed E-state index contributed by atoms with van der Waals surface area (Å²) in [7, 11) is 0. The van der Waals surface area contributed by atoms with Crippen molar-refractivity contribution in [3.8, 4) is 5.75 Å². The van der Waals surface area contributed by atoms with E-state index in [9.17, 15) is 4.79 Å². The Bertz CT molecular complexity index is 951. The number of aromatic nitrogens is 1. The molecular formula is C24H29N3O2S. The van der Waals surface area contributed by atoms with Crippen molar-refractivity contribution in [2.45, 2.75) is 53.3 Å². The molecule has 0 fully saturated rings. The molecule has 1 heterocycles. The van der Waals surface area contributed by atoms with Crippen LogP contribution < -0.4 is 10.1 Å². The molecule has 2 amide bonds. The SMILES string of the molecule is CC[C@@H](C)N(Cc1csc(COc2ccc(C)cc2)n1)C(=O)Nc1ccc(C)cc1. The van der Waals surface area contributed by atoms with Gasteiger partial charge in [-0.05, 0) is 51.5 Å². The Morgan fingerprint density at radius 2 is 1.73 bits per heavy atom. The van der Waals surface area contributed by atoms with E-state index in [1.807, 2.05) is 65.7 Å². The second kappa shape index (κ2) is 10.3. The van der Waals surface area contributed by atoms with Gasteiger partial charge >= 0.3 is 6.03 Å². The number of amides is 2. The lowest BCUT2D eigenvalue weighted by Gasteiger charge is -2.28. The number of carbonyl (C=O) groups excluding carboxylic acids is 1. The average molecular weight is 424 g/mol. The normalized spacial score (nSPS) is 11.7. The van der Waals surface area contributed by atoms with Crippen molar-refractivity contribution in [1.29, 1.82) is 0 Å². The summed E-state index contributed by atoms with van der Waals surface area (Å²) in [6.45, 7) is 9.11. The predicted octanol–water partition coefficient (Wildman–Crippen LogP) is 6.17. The van der Waals surface area contributed by atoms with Crippen LogP contribution in [-0.2, 0) is 13.2 Å². The van der Waals surface area contributed by atoms with Gasteiger partial charge in [0.1, 0.15) is 17.4 Å². The Morgan fingerprint density at radius 3 is 2.37 bits per heavy atom. The summed E-state index contributed by atoms with van der Waals surface area (Å²) >= 11 is 1.56. The van der Waals surface area contributed by atoms with Gasteiger partial charge in [-0.1, -0.05) is 42.3 Å². The van der Waals surface area contributed by atoms with Crippen LogP contribution >= 0.6 is 11.3 Å². The van der Waals surface area contributed by atoms with Crippen LogP contribution in [0.25, 0.3) is 0 Å². The van der Waals surface area contributed by atoms with Gasteiger partial charge in [0.05, 0.1) is 12.2 Å². The molecule has 0 bridgehead atoms. The molecule has 0 saturated carbocycles. The van der Waals surface area contributed by atoms with E-state index in [1.165, 1.54) is 5.56 Å². The third-order valence-electron chi connectivity index (χ3n) is 5.00. The van der Waals surface area contributed by atoms with Gasteiger partial charge in [0, 0.05) is 17.1 Å². The number of rotatable bonds is 8. The van der Waals surface area contributed by atoms with Crippen LogP contribution in [0.5, 0.6) is 5.75 Å². The molecule has 3 rings (SSSR count). The number of anilines is 1. The second-order valence-electron chi connectivity index (χ2n) is 7.52. The lowest BCUT2D eigenvalue weighted by atomic mass is 10.2. The van der Waals surface area contributed by atoms with Gasteiger partial charge < -0.3 is 15.0 Å². The monoisotopic (exact) mass is 423 g/mol. The molecule has 3 aromatic rings. The van der Waals surface area contributed by atoms with Gasteiger partial charge in [-0.25, -0.2) is 9.78 Å². The van der Waals surface area contributed by atoms with Gasteiger partial charge in [-0.3, -0.25) is 0 Å². The van der Waals surface area contributed by atoms with Crippen molar-refractivity contribution in [3.63, 3.8) is 0 Å². The zero-order valence-corrected chi connectivity index (χ0v) is 18.8. The summed E-state index contributed by atoms with van der Waals surface area (Å²) in [6.07, 6.45) is 0.870. The molecule has 0 radical (unpaired) electrons. The second-order valence-corrected chi connectivity index (χ2v) is 8.46. The molecule has 0 spiro atoms. The van der Waals surface area contributed by atoms with Gasteiger partial charge in [-0.15, -0.1) is 11.3 Å². The smallest absolute Gasteiger partial charge is 0.322 e. The van der Waals surface area contributed by atoms with Crippen molar-refractivity contribution >= 4 is 23.1 Å². The van der Waals surface area contributed by atoms with Gasteiger partial charge in [0.2, 0.25) is 0 Å². The molecule has 0 aliphatic heterocycles. The van der Waals surface area contributed by atoms with Crippen LogP contribution in [-0.4, -0.2) is 22.0 Å². The number of hydrogen-bond acceptors (Lipinski definition) is 4. The minimum Gasteiger partial charge on any atom is -0.486 e. The molecule has 2 aromatic carbocycles. The highest BCUT2D eigenvalue weighted by molar-refractivity contribution is 7.09. The fourth-order valence-electron chi connectivity index (χ4n) is 2.92. The van der Waals surface area contributed by atoms with Crippen LogP contribution in [0.2, 0.25) is 0 Å². The van der Waals surface area contributed by atoms with Gasteiger partial charge in [-0.2, -0.15) is 0 Å². The number of urea groups is 1. The lowest BCUT2D eigenvalue weighted by molar-refractivity contribution is 0.186. The number of benzene rings is 2. The molecule has 5 nitrogen and oxygen atoms in total. The van der Waals surface area contributed by atoms with E-state index in [4.69, 9.17) is 4.74 Å². The van der Waals surface area contributed by atoms with Crippen molar-refractivity contribution in [1.82, 2.24) is 9.88 Å². The fraction of sp³-hybridized carbons (Fsp3) is 0.333. The molecule has 0 aliphatic carbocycles. The highest BCUT2D eigenvalue weighted by Gasteiger charge is 2.20. The number of nitrogens with zero attached hydrogens (tertiary/aromatic N) is 2. The Balaban J connectivity index is 1.62. The molecule has 0 saturated heterocycles. The Labute approximate surface area is 182 Å². The maximum absolute atomic E-state index is 12.9. The molecule has 0 unspecified atom stereocenters. The number of nitrogens with one attached hydrogen (secondary N) is 1. The minimum atomic E-state index is -0.112. The maximum atomic E-state index is 12.9. The van der Waals surface area contributed by atoms with Crippen LogP contribution in [0.3, 0.4) is 0 Å². The number of carbonyl (C=O) groups is 1. The van der Waals surface area contributed by atoms with Crippen LogP contribution in [0.15, 0.2) is 53.9 Å². The van der Waals surface area contributed by atoms with Crippen molar-refractivity contribution in [2.24, 2.45) is 0 Å². The first kappa shape index (κ1) is 21.8. The third kappa shape index (κ3) is 6.07. The topological polar surface area (TPSA) is 54.5 Å². The zero-order valence-electron chi connectivity index (χ0n) is 18.0. The van der Waals surface area contributed by atoms with E-state index in [0.717, 1.165) is 34.1 Å². The van der Waals surface area contributed by atoms with E-state index >= 15 is 0 Å². The van der Waals surface area contributed by atoms with E-state index in [0.29, 0.717) is 13.2 Å². The van der Waals surface area contributed by atoms with E-state index in [2.05, 4.69) is 31.1 Å². The van der Waals surface area contributed by atoms with E-state index in [-0.39, 0.29) is 12.1 Å². The van der Waals surface area contributed by atoms with E-state index in [1.54, 1.807) is 11.3 Å². The first-order chi connectivity index (χ1) is 14.4. The van der Waals surface area contributed by atoms with Crippen LogP contribution in [0, 0.1) is 13.8 Å². The summed E-state index contributed by atoms with van der Waals surface area (Å²) in [4.78, 5) is 19.4. The Morgan fingerprint density at radius 1 is 1.10 bits per heavy atom. The summed E-state index contributed by atoms with van der Waals surface area (Å²) in [6, 6.07) is 15.8. The standard InChI is InChI=1S/C24H29N3O2S/c1-5-19(4)27(24(28)26-20-10-6-17(2)7-11-20)14-21-16-30-23(25-21)15-29-22-12-8-18(3)9-13-22/h6-13,16,19H,5,14-15H2,1-4H3,(H,26,28)/t19-/m1/s1. The average Bonchev–Trinajstić information content (AvgIpc) is 3.20. The molecule has 30 heavy (non-hydrogen) atoms.